The summed E-state index contributed by atoms with van der Waals surface area (Å²) < 4.78 is 5.29. The Morgan fingerprint density at radius 3 is 2.50 bits per heavy atom. The summed E-state index contributed by atoms with van der Waals surface area (Å²) in [5.74, 6) is 1.17. The van der Waals surface area contributed by atoms with Crippen molar-refractivity contribution in [1.82, 2.24) is 5.43 Å². The van der Waals surface area contributed by atoms with Crippen LogP contribution in [0.25, 0.3) is 0 Å². The zero-order chi connectivity index (χ0) is 13.0. The molecule has 0 fully saturated rings. The molecule has 4 heteroatoms. The summed E-state index contributed by atoms with van der Waals surface area (Å²) in [4.78, 5) is 11.7. The molecule has 0 aliphatic carbocycles. The van der Waals surface area contributed by atoms with Gasteiger partial charge in [-0.15, -0.1) is 0 Å². The fourth-order valence-electron chi connectivity index (χ4n) is 1.45. The van der Waals surface area contributed by atoms with Crippen LogP contribution in [0, 0.1) is 13.8 Å². The number of nitrogens with zero attached hydrogens (tertiary/aromatic N) is 1. The molecule has 0 unspecified atom stereocenters. The Hall–Kier alpha value is -2.36. The molecule has 1 aromatic carbocycles. The second-order valence-electron chi connectivity index (χ2n) is 4.01. The molecule has 1 aromatic heterocycles. The Morgan fingerprint density at radius 2 is 1.89 bits per heavy atom. The molecular formula is C14H14N2O2. The van der Waals surface area contributed by atoms with Crippen LogP contribution in [0.15, 0.2) is 45.9 Å². The average Bonchev–Trinajstić information content (AvgIpc) is 2.76. The number of hydrogen-bond acceptors (Lipinski definition) is 3. The van der Waals surface area contributed by atoms with Crippen molar-refractivity contribution in [2.45, 2.75) is 13.8 Å². The quantitative estimate of drug-likeness (QED) is 0.664. The summed E-state index contributed by atoms with van der Waals surface area (Å²) in [5.41, 5.74) is 4.14. The summed E-state index contributed by atoms with van der Waals surface area (Å²) in [6, 6.07) is 10.9. The lowest BCUT2D eigenvalue weighted by Crippen LogP contribution is -2.17. The zero-order valence-corrected chi connectivity index (χ0v) is 10.3. The monoisotopic (exact) mass is 242 g/mol. The van der Waals surface area contributed by atoms with Gasteiger partial charge in [0.1, 0.15) is 11.5 Å². The maximum atomic E-state index is 11.7. The lowest BCUT2D eigenvalue weighted by molar-refractivity contribution is 0.0955. The van der Waals surface area contributed by atoms with Gasteiger partial charge in [-0.1, -0.05) is 17.7 Å². The van der Waals surface area contributed by atoms with Crippen LogP contribution in [0.1, 0.15) is 27.4 Å². The van der Waals surface area contributed by atoms with Crippen molar-refractivity contribution in [1.29, 1.82) is 0 Å². The van der Waals surface area contributed by atoms with E-state index in [1.807, 2.05) is 32.0 Å². The molecule has 0 saturated heterocycles. The van der Waals surface area contributed by atoms with Crippen molar-refractivity contribution in [3.8, 4) is 0 Å². The predicted octanol–water partition coefficient (Wildman–Crippen LogP) is 2.66. The number of hydrazone groups is 1. The summed E-state index contributed by atoms with van der Waals surface area (Å²) in [5, 5.41) is 3.84. The minimum atomic E-state index is -0.241. The maximum absolute atomic E-state index is 11.7. The van der Waals surface area contributed by atoms with Crippen LogP contribution < -0.4 is 5.43 Å². The fraction of sp³-hybridized carbons (Fsp3) is 0.143. The van der Waals surface area contributed by atoms with Gasteiger partial charge in [-0.05, 0) is 38.1 Å². The zero-order valence-electron chi connectivity index (χ0n) is 10.3. The highest BCUT2D eigenvalue weighted by molar-refractivity contribution is 5.94. The number of carbonyl (C=O) groups is 1. The molecule has 2 aromatic rings. The largest absolute Gasteiger partial charge is 0.460 e. The van der Waals surface area contributed by atoms with E-state index < -0.39 is 0 Å². The van der Waals surface area contributed by atoms with E-state index in [-0.39, 0.29) is 5.91 Å². The number of aryl methyl sites for hydroxylation is 2. The van der Waals surface area contributed by atoms with Crippen molar-refractivity contribution in [3.05, 3.63) is 59.0 Å². The van der Waals surface area contributed by atoms with Gasteiger partial charge < -0.3 is 4.42 Å². The van der Waals surface area contributed by atoms with Gasteiger partial charge in [-0.25, -0.2) is 5.43 Å². The van der Waals surface area contributed by atoms with Crippen molar-refractivity contribution in [2.75, 3.05) is 0 Å². The smallest absolute Gasteiger partial charge is 0.271 e. The predicted molar refractivity (Wildman–Crippen MR) is 69.7 cm³/mol. The molecule has 1 N–H and O–H groups in total. The molecule has 4 nitrogen and oxygen atoms in total. The Labute approximate surface area is 105 Å². The molecule has 92 valence electrons. The highest BCUT2D eigenvalue weighted by Crippen LogP contribution is 2.04. The van der Waals surface area contributed by atoms with Gasteiger partial charge in [0.15, 0.2) is 0 Å². The van der Waals surface area contributed by atoms with Crippen molar-refractivity contribution >= 4 is 12.1 Å². The van der Waals surface area contributed by atoms with E-state index in [2.05, 4.69) is 10.5 Å². The van der Waals surface area contributed by atoms with Crippen LogP contribution in [-0.4, -0.2) is 12.1 Å². The Balaban J connectivity index is 1.96. The van der Waals surface area contributed by atoms with E-state index >= 15 is 0 Å². The molecule has 0 aliphatic rings. The molecule has 0 radical (unpaired) electrons. The molecule has 0 saturated carbocycles. The van der Waals surface area contributed by atoms with E-state index in [1.165, 1.54) is 6.21 Å². The van der Waals surface area contributed by atoms with Gasteiger partial charge in [0.05, 0.1) is 6.21 Å². The van der Waals surface area contributed by atoms with Crippen LogP contribution in [-0.2, 0) is 0 Å². The third kappa shape index (κ3) is 3.07. The van der Waals surface area contributed by atoms with E-state index in [1.54, 1.807) is 18.2 Å². The lowest BCUT2D eigenvalue weighted by Gasteiger charge is -1.99. The number of rotatable bonds is 3. The average molecular weight is 242 g/mol. The van der Waals surface area contributed by atoms with Gasteiger partial charge in [-0.2, -0.15) is 5.10 Å². The molecule has 0 atom stereocenters. The minimum Gasteiger partial charge on any atom is -0.460 e. The molecule has 1 heterocycles. The second-order valence-corrected chi connectivity index (χ2v) is 4.01. The number of nitrogens with one attached hydrogen (secondary N) is 1. The van der Waals surface area contributed by atoms with Crippen LogP contribution in [0.4, 0.5) is 0 Å². The van der Waals surface area contributed by atoms with Crippen LogP contribution in [0.3, 0.4) is 0 Å². The Bertz CT molecular complexity index is 568. The highest BCUT2D eigenvalue weighted by Gasteiger charge is 2.02. The molecule has 0 spiro atoms. The van der Waals surface area contributed by atoms with Crippen LogP contribution >= 0.6 is 0 Å². The first-order valence-electron chi connectivity index (χ1n) is 5.61. The SMILES string of the molecule is Cc1ccc(C(=O)N/N=C/c2ccc(C)o2)cc1. The van der Waals surface area contributed by atoms with Crippen LogP contribution in [0.2, 0.25) is 0 Å². The van der Waals surface area contributed by atoms with E-state index in [4.69, 9.17) is 4.42 Å². The number of hydrogen-bond donors (Lipinski definition) is 1. The van der Waals surface area contributed by atoms with Gasteiger partial charge in [0.2, 0.25) is 0 Å². The highest BCUT2D eigenvalue weighted by atomic mass is 16.3. The van der Waals surface area contributed by atoms with E-state index in [9.17, 15) is 4.79 Å². The van der Waals surface area contributed by atoms with E-state index in [0.717, 1.165) is 11.3 Å². The van der Waals surface area contributed by atoms with E-state index in [0.29, 0.717) is 11.3 Å². The maximum Gasteiger partial charge on any atom is 0.271 e. The number of benzene rings is 1. The van der Waals surface area contributed by atoms with Crippen molar-refractivity contribution in [2.24, 2.45) is 5.10 Å². The topological polar surface area (TPSA) is 54.6 Å². The number of furan rings is 1. The van der Waals surface area contributed by atoms with Crippen LogP contribution in [0.5, 0.6) is 0 Å². The number of carbonyl (C=O) groups excluding carboxylic acids is 1. The molecular weight excluding hydrogens is 228 g/mol. The summed E-state index contributed by atoms with van der Waals surface area (Å²) in [6.07, 6.45) is 1.47. The summed E-state index contributed by atoms with van der Waals surface area (Å²) in [6.45, 7) is 3.82. The molecule has 2 rings (SSSR count). The second kappa shape index (κ2) is 5.31. The molecule has 0 bridgehead atoms. The third-order valence-corrected chi connectivity index (χ3v) is 2.43. The minimum absolute atomic E-state index is 0.241. The third-order valence-electron chi connectivity index (χ3n) is 2.43. The van der Waals surface area contributed by atoms with Gasteiger partial charge in [0.25, 0.3) is 5.91 Å². The first kappa shape index (κ1) is 12.1. The van der Waals surface area contributed by atoms with Gasteiger partial charge in [0, 0.05) is 5.56 Å². The summed E-state index contributed by atoms with van der Waals surface area (Å²) >= 11 is 0. The van der Waals surface area contributed by atoms with Crippen molar-refractivity contribution < 1.29 is 9.21 Å². The summed E-state index contributed by atoms with van der Waals surface area (Å²) in [7, 11) is 0. The Morgan fingerprint density at radius 1 is 1.17 bits per heavy atom. The first-order chi connectivity index (χ1) is 8.65. The number of amides is 1. The molecule has 1 amide bonds. The lowest BCUT2D eigenvalue weighted by atomic mass is 10.1. The fourth-order valence-corrected chi connectivity index (χ4v) is 1.45. The standard InChI is InChI=1S/C14H14N2O2/c1-10-3-6-12(7-4-10)14(17)16-15-9-13-8-5-11(2)18-13/h3-9H,1-2H3,(H,16,17)/b15-9+. The first-order valence-corrected chi connectivity index (χ1v) is 5.61. The molecule has 18 heavy (non-hydrogen) atoms. The molecule has 0 aliphatic heterocycles. The van der Waals surface area contributed by atoms with Crippen molar-refractivity contribution in [3.63, 3.8) is 0 Å². The normalized spacial score (nSPS) is 10.8. The van der Waals surface area contributed by atoms with Gasteiger partial charge in [-0.3, -0.25) is 4.79 Å². The van der Waals surface area contributed by atoms with Gasteiger partial charge >= 0.3 is 0 Å². The Kier molecular flexibility index (Phi) is 3.57.